The molecule has 4 heteroatoms. The van der Waals surface area contributed by atoms with Crippen LogP contribution in [0, 0.1) is 0 Å². The Kier molecular flexibility index (Phi) is 2.55. The summed E-state index contributed by atoms with van der Waals surface area (Å²) < 4.78 is 4.88. The van der Waals surface area contributed by atoms with Crippen LogP contribution >= 0.6 is 0 Å². The van der Waals surface area contributed by atoms with E-state index in [9.17, 15) is 0 Å². The number of hydrogen-bond acceptors (Lipinski definition) is 4. The van der Waals surface area contributed by atoms with Gasteiger partial charge in [0.25, 0.3) is 0 Å². The second kappa shape index (κ2) is 4.02. The summed E-state index contributed by atoms with van der Waals surface area (Å²) in [5.41, 5.74) is 7.04. The van der Waals surface area contributed by atoms with Crippen molar-refractivity contribution in [3.8, 4) is 0 Å². The predicted molar refractivity (Wildman–Crippen MR) is 51.4 cm³/mol. The fourth-order valence-electron chi connectivity index (χ4n) is 1.30. The first-order chi connectivity index (χ1) is 6.86. The van der Waals surface area contributed by atoms with Crippen LogP contribution in [0.1, 0.15) is 17.5 Å². The van der Waals surface area contributed by atoms with Gasteiger partial charge in [-0.25, -0.2) is 0 Å². The molecule has 1 aromatic heterocycles. The van der Waals surface area contributed by atoms with Crippen LogP contribution in [0.3, 0.4) is 0 Å². The van der Waals surface area contributed by atoms with Crippen LogP contribution in [0.2, 0.25) is 0 Å². The molecular formula is C10H11N3O. The van der Waals surface area contributed by atoms with Crippen molar-refractivity contribution in [2.45, 2.75) is 12.5 Å². The molecule has 0 bridgehead atoms. The molecular weight excluding hydrogens is 178 g/mol. The molecule has 2 aromatic rings. The van der Waals surface area contributed by atoms with Crippen molar-refractivity contribution in [2.24, 2.45) is 5.73 Å². The number of nitrogens with two attached hydrogens (primary N) is 1. The Balaban J connectivity index is 2.06. The van der Waals surface area contributed by atoms with E-state index in [1.54, 1.807) is 0 Å². The number of hydrogen-bond donors (Lipinski definition) is 1. The van der Waals surface area contributed by atoms with Gasteiger partial charge >= 0.3 is 0 Å². The molecule has 0 aliphatic rings. The molecule has 0 aliphatic carbocycles. The molecule has 2 N–H and O–H groups in total. The van der Waals surface area contributed by atoms with Gasteiger partial charge < -0.3 is 10.3 Å². The van der Waals surface area contributed by atoms with Gasteiger partial charge in [-0.2, -0.15) is 4.98 Å². The standard InChI is InChI=1S/C10H11N3O/c11-9(10-12-7-13-14-10)6-8-4-2-1-3-5-8/h1-5,7,9H,6,11H2. The molecule has 0 aliphatic heterocycles. The lowest BCUT2D eigenvalue weighted by Gasteiger charge is -2.05. The third-order valence-electron chi connectivity index (χ3n) is 1.99. The van der Waals surface area contributed by atoms with Gasteiger partial charge in [-0.05, 0) is 12.0 Å². The van der Waals surface area contributed by atoms with E-state index in [0.29, 0.717) is 12.3 Å². The van der Waals surface area contributed by atoms with Crippen molar-refractivity contribution in [2.75, 3.05) is 0 Å². The van der Waals surface area contributed by atoms with Crippen molar-refractivity contribution in [1.29, 1.82) is 0 Å². The lowest BCUT2D eigenvalue weighted by Crippen LogP contribution is -2.13. The van der Waals surface area contributed by atoms with Crippen LogP contribution in [-0.4, -0.2) is 10.1 Å². The second-order valence-electron chi connectivity index (χ2n) is 3.08. The normalized spacial score (nSPS) is 12.6. The molecule has 0 spiro atoms. The molecule has 0 saturated carbocycles. The highest BCUT2D eigenvalue weighted by Crippen LogP contribution is 2.12. The summed E-state index contributed by atoms with van der Waals surface area (Å²) in [6.45, 7) is 0. The zero-order valence-corrected chi connectivity index (χ0v) is 7.63. The molecule has 1 aromatic carbocycles. The maximum absolute atomic E-state index is 5.88. The zero-order chi connectivity index (χ0) is 9.80. The van der Waals surface area contributed by atoms with Crippen LogP contribution in [0.4, 0.5) is 0 Å². The van der Waals surface area contributed by atoms with Crippen LogP contribution in [-0.2, 0) is 6.42 Å². The van der Waals surface area contributed by atoms with Gasteiger partial charge in [0.2, 0.25) is 5.89 Å². The molecule has 72 valence electrons. The molecule has 2 rings (SSSR count). The number of rotatable bonds is 3. The molecule has 0 radical (unpaired) electrons. The van der Waals surface area contributed by atoms with E-state index in [-0.39, 0.29) is 6.04 Å². The van der Waals surface area contributed by atoms with Crippen molar-refractivity contribution in [3.63, 3.8) is 0 Å². The molecule has 1 unspecified atom stereocenters. The van der Waals surface area contributed by atoms with E-state index in [2.05, 4.69) is 10.1 Å². The third-order valence-corrected chi connectivity index (χ3v) is 1.99. The van der Waals surface area contributed by atoms with Gasteiger partial charge in [0, 0.05) is 0 Å². The summed E-state index contributed by atoms with van der Waals surface area (Å²) in [5.74, 6) is 0.480. The molecule has 14 heavy (non-hydrogen) atoms. The van der Waals surface area contributed by atoms with Crippen LogP contribution < -0.4 is 5.73 Å². The van der Waals surface area contributed by atoms with Crippen molar-refractivity contribution < 1.29 is 4.52 Å². The lowest BCUT2D eigenvalue weighted by atomic mass is 10.1. The average molecular weight is 189 g/mol. The largest absolute Gasteiger partial charge is 0.338 e. The topological polar surface area (TPSA) is 64.9 Å². The first kappa shape index (κ1) is 8.90. The van der Waals surface area contributed by atoms with E-state index in [4.69, 9.17) is 10.3 Å². The Bertz CT molecular complexity index is 372. The number of benzene rings is 1. The highest BCUT2D eigenvalue weighted by Gasteiger charge is 2.11. The fraction of sp³-hybridized carbons (Fsp3) is 0.200. The lowest BCUT2D eigenvalue weighted by molar-refractivity contribution is 0.353. The van der Waals surface area contributed by atoms with Crippen molar-refractivity contribution in [3.05, 3.63) is 48.1 Å². The molecule has 1 atom stereocenters. The Morgan fingerprint density at radius 2 is 2.07 bits per heavy atom. The van der Waals surface area contributed by atoms with Crippen LogP contribution in [0.5, 0.6) is 0 Å². The molecule has 0 saturated heterocycles. The number of nitrogens with zero attached hydrogens (tertiary/aromatic N) is 2. The predicted octanol–water partition coefficient (Wildman–Crippen LogP) is 1.31. The average Bonchev–Trinajstić information content (AvgIpc) is 2.72. The van der Waals surface area contributed by atoms with Gasteiger partial charge in [0.15, 0.2) is 6.33 Å². The van der Waals surface area contributed by atoms with Crippen LogP contribution in [0.15, 0.2) is 41.2 Å². The van der Waals surface area contributed by atoms with Gasteiger partial charge in [-0.15, -0.1) is 0 Å². The SMILES string of the molecule is NC(Cc1ccccc1)c1ncno1. The summed E-state index contributed by atoms with van der Waals surface area (Å²) >= 11 is 0. The summed E-state index contributed by atoms with van der Waals surface area (Å²) in [7, 11) is 0. The highest BCUT2D eigenvalue weighted by atomic mass is 16.5. The molecule has 0 fully saturated rings. The maximum atomic E-state index is 5.88. The van der Waals surface area contributed by atoms with Crippen molar-refractivity contribution in [1.82, 2.24) is 10.1 Å². The molecule has 0 amide bonds. The summed E-state index contributed by atoms with van der Waals surface area (Å²) in [6.07, 6.45) is 2.07. The number of aromatic nitrogens is 2. The Morgan fingerprint density at radius 3 is 2.71 bits per heavy atom. The monoisotopic (exact) mass is 189 g/mol. The molecule has 1 heterocycles. The quantitative estimate of drug-likeness (QED) is 0.790. The smallest absolute Gasteiger partial charge is 0.243 e. The fourth-order valence-corrected chi connectivity index (χ4v) is 1.30. The first-order valence-electron chi connectivity index (χ1n) is 4.42. The van der Waals surface area contributed by atoms with Crippen LogP contribution in [0.25, 0.3) is 0 Å². The molecule has 4 nitrogen and oxygen atoms in total. The minimum Gasteiger partial charge on any atom is -0.338 e. The van der Waals surface area contributed by atoms with Crippen molar-refractivity contribution >= 4 is 0 Å². The Hall–Kier alpha value is -1.68. The minimum atomic E-state index is -0.222. The first-order valence-corrected chi connectivity index (χ1v) is 4.42. The van der Waals surface area contributed by atoms with E-state index < -0.39 is 0 Å². The second-order valence-corrected chi connectivity index (χ2v) is 3.08. The summed E-state index contributed by atoms with van der Waals surface area (Å²) in [4.78, 5) is 3.91. The van der Waals surface area contributed by atoms with E-state index in [0.717, 1.165) is 0 Å². The third kappa shape index (κ3) is 1.97. The highest BCUT2D eigenvalue weighted by molar-refractivity contribution is 5.16. The Morgan fingerprint density at radius 1 is 1.29 bits per heavy atom. The summed E-state index contributed by atoms with van der Waals surface area (Å²) in [5, 5.41) is 3.52. The van der Waals surface area contributed by atoms with Gasteiger partial charge in [0.1, 0.15) is 0 Å². The van der Waals surface area contributed by atoms with Gasteiger partial charge in [-0.1, -0.05) is 35.5 Å². The summed E-state index contributed by atoms with van der Waals surface area (Å²) in [6, 6.07) is 9.76. The Labute approximate surface area is 81.7 Å². The maximum Gasteiger partial charge on any atom is 0.243 e. The van der Waals surface area contributed by atoms with E-state index in [1.165, 1.54) is 11.9 Å². The minimum absolute atomic E-state index is 0.222. The van der Waals surface area contributed by atoms with E-state index in [1.807, 2.05) is 30.3 Å². The van der Waals surface area contributed by atoms with Gasteiger partial charge in [-0.3, -0.25) is 0 Å². The zero-order valence-electron chi connectivity index (χ0n) is 7.63. The van der Waals surface area contributed by atoms with Gasteiger partial charge in [0.05, 0.1) is 6.04 Å². The van der Waals surface area contributed by atoms with E-state index >= 15 is 0 Å².